The maximum Gasteiger partial charge on any atom is 0.226 e. The van der Waals surface area contributed by atoms with Crippen molar-refractivity contribution in [3.05, 3.63) is 41.5 Å². The normalized spacial score (nSPS) is 20.4. The monoisotopic (exact) mass is 257 g/mol. The van der Waals surface area contributed by atoms with Crippen molar-refractivity contribution in [1.29, 1.82) is 0 Å². The summed E-state index contributed by atoms with van der Waals surface area (Å²) in [6.45, 7) is 4.47. The van der Waals surface area contributed by atoms with Crippen LogP contribution in [0.1, 0.15) is 43.5 Å². The van der Waals surface area contributed by atoms with E-state index in [1.165, 1.54) is 0 Å². The first-order chi connectivity index (χ1) is 9.06. The quantitative estimate of drug-likeness (QED) is 0.855. The summed E-state index contributed by atoms with van der Waals surface area (Å²) >= 11 is 0. The van der Waals surface area contributed by atoms with Gasteiger partial charge >= 0.3 is 0 Å². The lowest BCUT2D eigenvalue weighted by Gasteiger charge is -2.02. The molecular weight excluding hydrogens is 238 g/mol. The Morgan fingerprint density at radius 3 is 2.74 bits per heavy atom. The van der Waals surface area contributed by atoms with Crippen LogP contribution in [-0.4, -0.2) is 10.1 Å². The van der Waals surface area contributed by atoms with Gasteiger partial charge in [0.25, 0.3) is 0 Å². The highest BCUT2D eigenvalue weighted by Gasteiger charge is 2.49. The molecule has 1 aliphatic carbocycles. The van der Waals surface area contributed by atoms with E-state index < -0.39 is 0 Å². The lowest BCUT2D eigenvalue weighted by molar-refractivity contribution is 0.371. The highest BCUT2D eigenvalue weighted by atomic mass is 16.5. The van der Waals surface area contributed by atoms with Crippen LogP contribution in [0.15, 0.2) is 28.8 Å². The number of hydrogen-bond donors (Lipinski definition) is 1. The SMILES string of the molecule is CC1(C)CC1c1noc(CCc2ccccc2N)n1. The smallest absolute Gasteiger partial charge is 0.226 e. The highest BCUT2D eigenvalue weighted by molar-refractivity contribution is 5.46. The summed E-state index contributed by atoms with van der Waals surface area (Å²) < 4.78 is 5.32. The molecule has 3 rings (SSSR count). The average Bonchev–Trinajstić information content (AvgIpc) is 2.82. The zero-order valence-corrected chi connectivity index (χ0v) is 11.4. The summed E-state index contributed by atoms with van der Waals surface area (Å²) in [6.07, 6.45) is 2.73. The zero-order valence-electron chi connectivity index (χ0n) is 11.4. The van der Waals surface area contributed by atoms with Crippen molar-refractivity contribution < 1.29 is 4.52 Å². The predicted octanol–water partition coefficient (Wildman–Crippen LogP) is 2.95. The summed E-state index contributed by atoms with van der Waals surface area (Å²) in [4.78, 5) is 4.49. The van der Waals surface area contributed by atoms with Crippen molar-refractivity contribution in [1.82, 2.24) is 10.1 Å². The van der Waals surface area contributed by atoms with Gasteiger partial charge in [0.1, 0.15) is 0 Å². The number of nitrogens with two attached hydrogens (primary N) is 1. The fraction of sp³-hybridized carbons (Fsp3) is 0.467. The van der Waals surface area contributed by atoms with Gasteiger partial charge in [-0.05, 0) is 29.9 Å². The molecule has 19 heavy (non-hydrogen) atoms. The standard InChI is InChI=1S/C15H19N3O/c1-15(2)9-11(15)14-17-13(19-18-14)8-7-10-5-3-4-6-12(10)16/h3-6,11H,7-9,16H2,1-2H3. The maximum absolute atomic E-state index is 5.92. The molecule has 1 aliphatic rings. The second-order valence-corrected chi connectivity index (χ2v) is 5.99. The number of rotatable bonds is 4. The molecule has 1 aromatic heterocycles. The summed E-state index contributed by atoms with van der Waals surface area (Å²) in [5.41, 5.74) is 8.21. The van der Waals surface area contributed by atoms with E-state index in [1.54, 1.807) is 0 Å². The lowest BCUT2D eigenvalue weighted by Crippen LogP contribution is -1.97. The molecule has 0 aliphatic heterocycles. The molecule has 0 radical (unpaired) electrons. The van der Waals surface area contributed by atoms with Crippen LogP contribution in [0.4, 0.5) is 5.69 Å². The van der Waals surface area contributed by atoms with E-state index in [2.05, 4.69) is 24.0 Å². The third-order valence-electron chi connectivity index (χ3n) is 3.97. The van der Waals surface area contributed by atoms with E-state index in [9.17, 15) is 0 Å². The van der Waals surface area contributed by atoms with E-state index in [0.29, 0.717) is 17.2 Å². The Morgan fingerprint density at radius 1 is 1.32 bits per heavy atom. The fourth-order valence-electron chi connectivity index (χ4n) is 2.42. The Bertz CT molecular complexity index is 589. The Kier molecular flexibility index (Phi) is 2.81. The van der Waals surface area contributed by atoms with Crippen molar-refractivity contribution in [2.45, 2.75) is 39.0 Å². The molecule has 4 nitrogen and oxygen atoms in total. The van der Waals surface area contributed by atoms with Crippen LogP contribution in [0.2, 0.25) is 0 Å². The minimum absolute atomic E-state index is 0.338. The van der Waals surface area contributed by atoms with Crippen molar-refractivity contribution in [2.24, 2.45) is 5.41 Å². The van der Waals surface area contributed by atoms with Gasteiger partial charge in [0.2, 0.25) is 5.89 Å². The molecule has 4 heteroatoms. The number of para-hydroxylation sites is 1. The number of nitrogen functional groups attached to an aromatic ring is 1. The number of aryl methyl sites for hydroxylation is 2. The van der Waals surface area contributed by atoms with Crippen molar-refractivity contribution in [2.75, 3.05) is 5.73 Å². The first-order valence-electron chi connectivity index (χ1n) is 6.72. The van der Waals surface area contributed by atoms with Gasteiger partial charge in [-0.3, -0.25) is 0 Å². The maximum atomic E-state index is 5.92. The van der Waals surface area contributed by atoms with Gasteiger partial charge in [-0.25, -0.2) is 0 Å². The molecule has 100 valence electrons. The number of benzene rings is 1. The molecule has 2 N–H and O–H groups in total. The van der Waals surface area contributed by atoms with Crippen molar-refractivity contribution >= 4 is 5.69 Å². The second kappa shape index (κ2) is 4.37. The van der Waals surface area contributed by atoms with Crippen LogP contribution in [0.25, 0.3) is 0 Å². The molecule has 0 bridgehead atoms. The van der Waals surface area contributed by atoms with E-state index in [1.807, 2.05) is 24.3 Å². The van der Waals surface area contributed by atoms with E-state index in [4.69, 9.17) is 10.3 Å². The van der Waals surface area contributed by atoms with Gasteiger partial charge in [0.15, 0.2) is 5.82 Å². The molecule has 1 aromatic carbocycles. The van der Waals surface area contributed by atoms with Crippen LogP contribution in [0.3, 0.4) is 0 Å². The highest BCUT2D eigenvalue weighted by Crippen LogP contribution is 2.57. The minimum atomic E-state index is 0.338. The van der Waals surface area contributed by atoms with Crippen LogP contribution in [0.5, 0.6) is 0 Å². The molecule has 0 spiro atoms. The molecule has 0 amide bonds. The Hall–Kier alpha value is -1.84. The molecule has 1 saturated carbocycles. The minimum Gasteiger partial charge on any atom is -0.399 e. The predicted molar refractivity (Wildman–Crippen MR) is 73.7 cm³/mol. The van der Waals surface area contributed by atoms with Crippen LogP contribution in [0, 0.1) is 5.41 Å². The summed E-state index contributed by atoms with van der Waals surface area (Å²) in [6, 6.07) is 7.90. The second-order valence-electron chi connectivity index (χ2n) is 5.99. The number of anilines is 1. The summed E-state index contributed by atoms with van der Waals surface area (Å²) in [7, 11) is 0. The van der Waals surface area contributed by atoms with Gasteiger partial charge in [-0.15, -0.1) is 0 Å². The van der Waals surface area contributed by atoms with Crippen molar-refractivity contribution in [3.63, 3.8) is 0 Å². The molecule has 1 atom stereocenters. The molecule has 1 fully saturated rings. The lowest BCUT2D eigenvalue weighted by atomic mass is 10.1. The van der Waals surface area contributed by atoms with E-state index >= 15 is 0 Å². The van der Waals surface area contributed by atoms with Crippen LogP contribution < -0.4 is 5.73 Å². The van der Waals surface area contributed by atoms with Gasteiger partial charge in [0.05, 0.1) is 0 Å². The van der Waals surface area contributed by atoms with Gasteiger partial charge in [0, 0.05) is 18.0 Å². The first kappa shape index (κ1) is 12.2. The average molecular weight is 257 g/mol. The van der Waals surface area contributed by atoms with Crippen LogP contribution >= 0.6 is 0 Å². The third-order valence-corrected chi connectivity index (χ3v) is 3.97. The molecule has 0 saturated heterocycles. The fourth-order valence-corrected chi connectivity index (χ4v) is 2.42. The Labute approximate surface area is 113 Å². The first-order valence-corrected chi connectivity index (χ1v) is 6.72. The molecule has 1 unspecified atom stereocenters. The summed E-state index contributed by atoms with van der Waals surface area (Å²) in [5.74, 6) is 2.04. The molecule has 2 aromatic rings. The number of aromatic nitrogens is 2. The topological polar surface area (TPSA) is 64.9 Å². The zero-order chi connectivity index (χ0) is 13.5. The van der Waals surface area contributed by atoms with E-state index in [0.717, 1.165) is 36.3 Å². The van der Waals surface area contributed by atoms with E-state index in [-0.39, 0.29) is 0 Å². The molecular formula is C15H19N3O. The molecule has 1 heterocycles. The van der Waals surface area contributed by atoms with Gasteiger partial charge in [-0.1, -0.05) is 37.2 Å². The number of hydrogen-bond acceptors (Lipinski definition) is 4. The van der Waals surface area contributed by atoms with Crippen molar-refractivity contribution in [3.8, 4) is 0 Å². The van der Waals surface area contributed by atoms with Gasteiger partial charge < -0.3 is 10.3 Å². The Balaban J connectivity index is 1.64. The number of nitrogens with zero attached hydrogens (tertiary/aromatic N) is 2. The Morgan fingerprint density at radius 2 is 2.05 bits per heavy atom. The van der Waals surface area contributed by atoms with Crippen LogP contribution in [-0.2, 0) is 12.8 Å². The third kappa shape index (κ3) is 2.48. The van der Waals surface area contributed by atoms with Gasteiger partial charge in [-0.2, -0.15) is 4.98 Å². The largest absolute Gasteiger partial charge is 0.399 e. The summed E-state index contributed by atoms with van der Waals surface area (Å²) in [5, 5.41) is 4.09.